The van der Waals surface area contributed by atoms with Crippen molar-refractivity contribution >= 4 is 15.9 Å². The molecule has 0 bridgehead atoms. The molecule has 0 aliphatic heterocycles. The zero-order chi connectivity index (χ0) is 11.4. The second-order valence-electron chi connectivity index (χ2n) is 3.51. The maximum Gasteiger partial charge on any atom is 0.264 e. The van der Waals surface area contributed by atoms with Gasteiger partial charge in [0.2, 0.25) is 0 Å². The molecule has 5 heteroatoms. The van der Waals surface area contributed by atoms with E-state index < -0.39 is 0 Å². The molecule has 16 heavy (non-hydrogen) atoms. The van der Waals surface area contributed by atoms with Crippen LogP contribution in [0.3, 0.4) is 0 Å². The third kappa shape index (κ3) is 2.61. The molecule has 0 N–H and O–H groups in total. The molecule has 0 radical (unpaired) electrons. The van der Waals surface area contributed by atoms with Crippen molar-refractivity contribution in [1.82, 2.24) is 14.1 Å². The van der Waals surface area contributed by atoms with E-state index in [0.29, 0.717) is 4.47 Å². The topological polar surface area (TPSA) is 39.8 Å². The maximum absolute atomic E-state index is 11.7. The molecule has 0 saturated carbocycles. The van der Waals surface area contributed by atoms with E-state index in [0.717, 1.165) is 19.5 Å². The zero-order valence-corrected chi connectivity index (χ0v) is 10.3. The Kier molecular flexibility index (Phi) is 3.56. The van der Waals surface area contributed by atoms with Gasteiger partial charge in [0.25, 0.3) is 5.56 Å². The minimum absolute atomic E-state index is 0.0214. The van der Waals surface area contributed by atoms with Gasteiger partial charge in [0.05, 0.1) is 10.8 Å². The Morgan fingerprint density at radius 1 is 1.31 bits per heavy atom. The number of aromatic nitrogens is 3. The Bertz CT molecular complexity index is 504. The van der Waals surface area contributed by atoms with Crippen molar-refractivity contribution in [1.29, 1.82) is 0 Å². The number of imidazole rings is 1. The van der Waals surface area contributed by atoms with Gasteiger partial charge in [-0.2, -0.15) is 0 Å². The molecule has 0 atom stereocenters. The molecule has 0 aromatic carbocycles. The SMILES string of the molecule is O=c1c(Br)cccn1CCCn1ccnc1. The molecule has 2 aromatic heterocycles. The lowest BCUT2D eigenvalue weighted by atomic mass is 10.4. The van der Waals surface area contributed by atoms with Crippen molar-refractivity contribution in [3.8, 4) is 0 Å². The van der Waals surface area contributed by atoms with Crippen LogP contribution in [-0.2, 0) is 13.1 Å². The van der Waals surface area contributed by atoms with Gasteiger partial charge < -0.3 is 9.13 Å². The largest absolute Gasteiger partial charge is 0.337 e. The van der Waals surface area contributed by atoms with Crippen LogP contribution in [0.2, 0.25) is 0 Å². The Hall–Kier alpha value is -1.36. The number of aryl methyl sites for hydroxylation is 2. The summed E-state index contributed by atoms with van der Waals surface area (Å²) in [6, 6.07) is 3.62. The highest BCUT2D eigenvalue weighted by molar-refractivity contribution is 9.10. The predicted octanol–water partition coefficient (Wildman–Crippen LogP) is 1.90. The molecule has 84 valence electrons. The number of hydrogen-bond donors (Lipinski definition) is 0. The van der Waals surface area contributed by atoms with E-state index in [2.05, 4.69) is 20.9 Å². The number of pyridine rings is 1. The number of nitrogens with zero attached hydrogens (tertiary/aromatic N) is 3. The summed E-state index contributed by atoms with van der Waals surface area (Å²) in [6.45, 7) is 1.59. The fraction of sp³-hybridized carbons (Fsp3) is 0.273. The minimum Gasteiger partial charge on any atom is -0.337 e. The second-order valence-corrected chi connectivity index (χ2v) is 4.36. The van der Waals surface area contributed by atoms with Gasteiger partial charge >= 0.3 is 0 Å². The summed E-state index contributed by atoms with van der Waals surface area (Å²) in [7, 11) is 0. The van der Waals surface area contributed by atoms with E-state index in [1.54, 1.807) is 29.4 Å². The van der Waals surface area contributed by atoms with Crippen LogP contribution in [0.25, 0.3) is 0 Å². The minimum atomic E-state index is 0.0214. The Balaban J connectivity index is 1.95. The van der Waals surface area contributed by atoms with Crippen LogP contribution in [0.15, 0.2) is 46.3 Å². The fourth-order valence-electron chi connectivity index (χ4n) is 1.53. The van der Waals surface area contributed by atoms with Gasteiger partial charge in [-0.1, -0.05) is 0 Å². The van der Waals surface area contributed by atoms with Crippen molar-refractivity contribution in [2.24, 2.45) is 0 Å². The highest BCUT2D eigenvalue weighted by Crippen LogP contribution is 2.01. The summed E-state index contributed by atoms with van der Waals surface area (Å²) in [5.74, 6) is 0. The molecule has 2 heterocycles. The van der Waals surface area contributed by atoms with Crippen molar-refractivity contribution in [2.75, 3.05) is 0 Å². The second kappa shape index (κ2) is 5.12. The van der Waals surface area contributed by atoms with Crippen molar-refractivity contribution < 1.29 is 0 Å². The normalized spacial score (nSPS) is 10.6. The molecule has 0 amide bonds. The molecule has 2 aromatic rings. The van der Waals surface area contributed by atoms with Gasteiger partial charge in [-0.15, -0.1) is 0 Å². The molecule has 0 aliphatic rings. The quantitative estimate of drug-likeness (QED) is 0.859. The summed E-state index contributed by atoms with van der Waals surface area (Å²) < 4.78 is 4.32. The summed E-state index contributed by atoms with van der Waals surface area (Å²) in [5, 5.41) is 0. The van der Waals surface area contributed by atoms with E-state index in [9.17, 15) is 4.79 Å². The monoisotopic (exact) mass is 281 g/mol. The molecule has 0 unspecified atom stereocenters. The first-order chi connectivity index (χ1) is 7.77. The van der Waals surface area contributed by atoms with Crippen LogP contribution in [0.1, 0.15) is 6.42 Å². The number of hydrogen-bond acceptors (Lipinski definition) is 2. The average molecular weight is 282 g/mol. The van der Waals surface area contributed by atoms with Crippen molar-refractivity contribution in [3.63, 3.8) is 0 Å². The Labute approximate surface area is 102 Å². The first-order valence-corrected chi connectivity index (χ1v) is 5.87. The van der Waals surface area contributed by atoms with Crippen molar-refractivity contribution in [2.45, 2.75) is 19.5 Å². The highest BCUT2D eigenvalue weighted by Gasteiger charge is 1.99. The third-order valence-corrected chi connectivity index (χ3v) is 2.95. The van der Waals surface area contributed by atoms with E-state index >= 15 is 0 Å². The lowest BCUT2D eigenvalue weighted by Gasteiger charge is -2.06. The molecule has 0 fully saturated rings. The molecule has 4 nitrogen and oxygen atoms in total. The third-order valence-electron chi connectivity index (χ3n) is 2.35. The van der Waals surface area contributed by atoms with E-state index in [1.165, 1.54) is 0 Å². The average Bonchev–Trinajstić information content (AvgIpc) is 2.77. The molecular weight excluding hydrogens is 270 g/mol. The molecule has 2 rings (SSSR count). The van der Waals surface area contributed by atoms with Crippen LogP contribution in [0.4, 0.5) is 0 Å². The van der Waals surface area contributed by atoms with Crippen LogP contribution < -0.4 is 5.56 Å². The molecule has 0 spiro atoms. The molecular formula is C11H12BrN3O. The summed E-state index contributed by atoms with van der Waals surface area (Å²) in [4.78, 5) is 15.6. The highest BCUT2D eigenvalue weighted by atomic mass is 79.9. The van der Waals surface area contributed by atoms with Crippen LogP contribution in [0.5, 0.6) is 0 Å². The zero-order valence-electron chi connectivity index (χ0n) is 8.71. The van der Waals surface area contributed by atoms with Gasteiger partial charge in [0, 0.05) is 31.7 Å². The smallest absolute Gasteiger partial charge is 0.264 e. The van der Waals surface area contributed by atoms with E-state index in [4.69, 9.17) is 0 Å². The van der Waals surface area contributed by atoms with E-state index in [-0.39, 0.29) is 5.56 Å². The van der Waals surface area contributed by atoms with Gasteiger partial charge in [-0.3, -0.25) is 4.79 Å². The van der Waals surface area contributed by atoms with Gasteiger partial charge in [-0.25, -0.2) is 4.98 Å². The lowest BCUT2D eigenvalue weighted by Crippen LogP contribution is -2.20. The lowest BCUT2D eigenvalue weighted by molar-refractivity contribution is 0.551. The predicted molar refractivity (Wildman–Crippen MR) is 65.2 cm³/mol. The van der Waals surface area contributed by atoms with Gasteiger partial charge in [0.15, 0.2) is 0 Å². The van der Waals surface area contributed by atoms with E-state index in [1.807, 2.05) is 16.8 Å². The maximum atomic E-state index is 11.7. The summed E-state index contributed by atoms with van der Waals surface area (Å²) in [5.41, 5.74) is 0.0214. The van der Waals surface area contributed by atoms with Crippen molar-refractivity contribution in [3.05, 3.63) is 51.9 Å². The molecule has 0 saturated heterocycles. The van der Waals surface area contributed by atoms with Crippen LogP contribution in [-0.4, -0.2) is 14.1 Å². The van der Waals surface area contributed by atoms with Crippen LogP contribution >= 0.6 is 15.9 Å². The summed E-state index contributed by atoms with van der Waals surface area (Å²) in [6.07, 6.45) is 8.17. The summed E-state index contributed by atoms with van der Waals surface area (Å²) >= 11 is 3.23. The standard InChI is InChI=1S/C11H12BrN3O/c12-10-3-1-6-15(11(10)16)7-2-5-14-8-4-13-9-14/h1,3-4,6,8-9H,2,5,7H2. The van der Waals surface area contributed by atoms with Crippen LogP contribution in [0, 0.1) is 0 Å². The number of rotatable bonds is 4. The first-order valence-electron chi connectivity index (χ1n) is 5.08. The first kappa shape index (κ1) is 11.1. The van der Waals surface area contributed by atoms with Gasteiger partial charge in [-0.05, 0) is 34.5 Å². The number of halogens is 1. The Morgan fingerprint density at radius 3 is 2.94 bits per heavy atom. The Morgan fingerprint density at radius 2 is 2.19 bits per heavy atom. The fourth-order valence-corrected chi connectivity index (χ4v) is 1.91. The molecule has 0 aliphatic carbocycles. The van der Waals surface area contributed by atoms with Gasteiger partial charge in [0.1, 0.15) is 0 Å².